The lowest BCUT2D eigenvalue weighted by Gasteiger charge is -2.09. The van der Waals surface area contributed by atoms with Gasteiger partial charge in [0.1, 0.15) is 5.82 Å². The second kappa shape index (κ2) is 5.67. The van der Waals surface area contributed by atoms with Crippen LogP contribution in [0.5, 0.6) is 0 Å². The van der Waals surface area contributed by atoms with Crippen LogP contribution in [0.3, 0.4) is 0 Å². The van der Waals surface area contributed by atoms with Crippen molar-refractivity contribution in [1.29, 1.82) is 0 Å². The number of nitrogens with zero attached hydrogens (tertiary/aromatic N) is 1. The van der Waals surface area contributed by atoms with Gasteiger partial charge in [0, 0.05) is 35.0 Å². The molecule has 20 heavy (non-hydrogen) atoms. The van der Waals surface area contributed by atoms with Gasteiger partial charge in [-0.1, -0.05) is 28.1 Å². The average Bonchev–Trinajstić information content (AvgIpc) is 2.82. The molecule has 0 aliphatic carbocycles. The molecule has 0 amide bonds. The molecule has 2 nitrogen and oxygen atoms in total. The highest BCUT2D eigenvalue weighted by molar-refractivity contribution is 9.10. The summed E-state index contributed by atoms with van der Waals surface area (Å²) in [5.41, 5.74) is 2.00. The van der Waals surface area contributed by atoms with E-state index in [4.69, 9.17) is 0 Å². The molecule has 0 aliphatic rings. The molecule has 0 unspecified atom stereocenters. The summed E-state index contributed by atoms with van der Waals surface area (Å²) in [7, 11) is 0. The minimum atomic E-state index is -0.217. The van der Waals surface area contributed by atoms with E-state index in [1.54, 1.807) is 6.07 Å². The van der Waals surface area contributed by atoms with Crippen molar-refractivity contribution in [2.45, 2.75) is 6.54 Å². The van der Waals surface area contributed by atoms with Crippen molar-refractivity contribution in [3.8, 4) is 0 Å². The average molecular weight is 333 g/mol. The lowest BCUT2D eigenvalue weighted by atomic mass is 10.2. The predicted octanol–water partition coefficient (Wildman–Crippen LogP) is 4.66. The van der Waals surface area contributed by atoms with Crippen LogP contribution in [0.1, 0.15) is 0 Å². The smallest absolute Gasteiger partial charge is 0.125 e. The third kappa shape index (κ3) is 2.85. The molecule has 3 rings (SSSR count). The fourth-order valence-corrected chi connectivity index (χ4v) is 2.62. The fourth-order valence-electron chi connectivity index (χ4n) is 2.27. The summed E-state index contributed by atoms with van der Waals surface area (Å²) in [6, 6.07) is 14.9. The molecule has 3 aromatic rings. The van der Waals surface area contributed by atoms with E-state index in [2.05, 4.69) is 50.2 Å². The summed E-state index contributed by atoms with van der Waals surface area (Å²) in [5, 5.41) is 4.45. The molecule has 1 N–H and O–H groups in total. The number of benzene rings is 2. The first-order valence-electron chi connectivity index (χ1n) is 6.46. The summed E-state index contributed by atoms with van der Waals surface area (Å²) >= 11 is 3.49. The minimum Gasteiger partial charge on any atom is -0.383 e. The van der Waals surface area contributed by atoms with Gasteiger partial charge in [0.05, 0.1) is 0 Å². The first kappa shape index (κ1) is 13.2. The molecule has 102 valence electrons. The molecule has 1 heterocycles. The van der Waals surface area contributed by atoms with Crippen LogP contribution >= 0.6 is 15.9 Å². The predicted molar refractivity (Wildman–Crippen MR) is 84.5 cm³/mol. The lowest BCUT2D eigenvalue weighted by Crippen LogP contribution is -2.09. The van der Waals surface area contributed by atoms with Crippen molar-refractivity contribution in [1.82, 2.24) is 4.57 Å². The van der Waals surface area contributed by atoms with E-state index in [0.717, 1.165) is 23.2 Å². The largest absolute Gasteiger partial charge is 0.383 e. The minimum absolute atomic E-state index is 0.217. The van der Waals surface area contributed by atoms with E-state index in [0.29, 0.717) is 0 Å². The third-order valence-electron chi connectivity index (χ3n) is 3.24. The summed E-state index contributed by atoms with van der Waals surface area (Å²) in [4.78, 5) is 0. The second-order valence-electron chi connectivity index (χ2n) is 4.65. The van der Waals surface area contributed by atoms with Gasteiger partial charge < -0.3 is 9.88 Å². The Balaban J connectivity index is 1.69. The SMILES string of the molecule is Fc1cccc(NCCn2ccc3ccc(Br)cc32)c1. The third-order valence-corrected chi connectivity index (χ3v) is 3.74. The Bertz CT molecular complexity index is 736. The number of fused-ring (bicyclic) bond motifs is 1. The maximum absolute atomic E-state index is 13.1. The van der Waals surface area contributed by atoms with E-state index in [9.17, 15) is 4.39 Å². The number of nitrogens with one attached hydrogen (secondary N) is 1. The molecule has 0 saturated heterocycles. The molecular formula is C16H14BrFN2. The second-order valence-corrected chi connectivity index (χ2v) is 5.57. The first-order valence-corrected chi connectivity index (χ1v) is 7.25. The standard InChI is InChI=1S/C16H14BrFN2/c17-13-5-4-12-6-8-20(16(12)10-13)9-7-19-15-3-1-2-14(18)11-15/h1-6,8,10-11,19H,7,9H2. The molecule has 4 heteroatoms. The normalized spacial score (nSPS) is 10.9. The summed E-state index contributed by atoms with van der Waals surface area (Å²) in [6.45, 7) is 1.58. The van der Waals surface area contributed by atoms with Crippen molar-refractivity contribution in [3.05, 3.63) is 65.0 Å². The summed E-state index contributed by atoms with van der Waals surface area (Å²) in [6.07, 6.45) is 2.07. The van der Waals surface area contributed by atoms with Gasteiger partial charge in [-0.2, -0.15) is 0 Å². The Kier molecular flexibility index (Phi) is 3.74. The van der Waals surface area contributed by atoms with Gasteiger partial charge in [-0.15, -0.1) is 0 Å². The monoisotopic (exact) mass is 332 g/mol. The fraction of sp³-hybridized carbons (Fsp3) is 0.125. The van der Waals surface area contributed by atoms with Crippen molar-refractivity contribution >= 4 is 32.5 Å². The molecule has 0 spiro atoms. The van der Waals surface area contributed by atoms with E-state index >= 15 is 0 Å². The molecule has 0 aliphatic heterocycles. The van der Waals surface area contributed by atoms with Crippen LogP contribution in [0, 0.1) is 5.82 Å². The van der Waals surface area contributed by atoms with Crippen molar-refractivity contribution in [2.24, 2.45) is 0 Å². The van der Waals surface area contributed by atoms with Crippen LogP contribution in [-0.4, -0.2) is 11.1 Å². The Labute approximate surface area is 125 Å². The number of rotatable bonds is 4. The Morgan fingerprint density at radius 3 is 2.85 bits per heavy atom. The van der Waals surface area contributed by atoms with Gasteiger partial charge in [0.2, 0.25) is 0 Å². The highest BCUT2D eigenvalue weighted by atomic mass is 79.9. The van der Waals surface area contributed by atoms with Crippen LogP contribution in [0.25, 0.3) is 10.9 Å². The van der Waals surface area contributed by atoms with Gasteiger partial charge in [-0.05, 0) is 41.8 Å². The van der Waals surface area contributed by atoms with E-state index < -0.39 is 0 Å². The number of aromatic nitrogens is 1. The topological polar surface area (TPSA) is 17.0 Å². The summed E-state index contributed by atoms with van der Waals surface area (Å²) in [5.74, 6) is -0.217. The highest BCUT2D eigenvalue weighted by Gasteiger charge is 2.01. The quantitative estimate of drug-likeness (QED) is 0.735. The summed E-state index contributed by atoms with van der Waals surface area (Å²) < 4.78 is 16.3. The number of anilines is 1. The van der Waals surface area contributed by atoms with Crippen molar-refractivity contribution < 1.29 is 4.39 Å². The van der Waals surface area contributed by atoms with Crippen LogP contribution < -0.4 is 5.32 Å². The molecule has 0 saturated carbocycles. The first-order chi connectivity index (χ1) is 9.72. The van der Waals surface area contributed by atoms with Gasteiger partial charge in [0.25, 0.3) is 0 Å². The van der Waals surface area contributed by atoms with Crippen LogP contribution in [-0.2, 0) is 6.54 Å². The molecule has 0 bridgehead atoms. The zero-order valence-corrected chi connectivity index (χ0v) is 12.4. The van der Waals surface area contributed by atoms with Crippen LogP contribution in [0.2, 0.25) is 0 Å². The number of halogens is 2. The molecule has 0 radical (unpaired) electrons. The van der Waals surface area contributed by atoms with Gasteiger partial charge in [-0.3, -0.25) is 0 Å². The zero-order valence-electron chi connectivity index (χ0n) is 10.8. The lowest BCUT2D eigenvalue weighted by molar-refractivity contribution is 0.628. The maximum atomic E-state index is 13.1. The van der Waals surface area contributed by atoms with E-state index in [1.165, 1.54) is 23.0 Å². The number of hydrogen-bond donors (Lipinski definition) is 1. The van der Waals surface area contributed by atoms with Crippen LogP contribution in [0.15, 0.2) is 59.2 Å². The van der Waals surface area contributed by atoms with E-state index in [-0.39, 0.29) is 5.82 Å². The molecule has 0 fully saturated rings. The Morgan fingerprint density at radius 2 is 2.00 bits per heavy atom. The van der Waals surface area contributed by atoms with Crippen molar-refractivity contribution in [3.63, 3.8) is 0 Å². The highest BCUT2D eigenvalue weighted by Crippen LogP contribution is 2.20. The zero-order chi connectivity index (χ0) is 13.9. The Morgan fingerprint density at radius 1 is 1.10 bits per heavy atom. The molecule has 1 aromatic heterocycles. The number of hydrogen-bond acceptors (Lipinski definition) is 1. The van der Waals surface area contributed by atoms with Gasteiger partial charge in [0.15, 0.2) is 0 Å². The maximum Gasteiger partial charge on any atom is 0.125 e. The van der Waals surface area contributed by atoms with Crippen LogP contribution in [0.4, 0.5) is 10.1 Å². The van der Waals surface area contributed by atoms with E-state index in [1.807, 2.05) is 12.1 Å². The molecule has 2 aromatic carbocycles. The van der Waals surface area contributed by atoms with Crippen molar-refractivity contribution in [2.75, 3.05) is 11.9 Å². The van der Waals surface area contributed by atoms with Gasteiger partial charge >= 0.3 is 0 Å². The Hall–Kier alpha value is -1.81. The molecule has 0 atom stereocenters. The van der Waals surface area contributed by atoms with Gasteiger partial charge in [-0.25, -0.2) is 4.39 Å². The molecular weight excluding hydrogens is 319 g/mol.